The lowest BCUT2D eigenvalue weighted by molar-refractivity contribution is 0.296. The third-order valence-electron chi connectivity index (χ3n) is 2.41. The molecule has 1 heterocycles. The Balaban J connectivity index is 2.80. The molecule has 0 saturated carbocycles. The van der Waals surface area contributed by atoms with Gasteiger partial charge in [-0.05, 0) is 6.42 Å². The molecule has 18 heavy (non-hydrogen) atoms. The molecule has 4 heteroatoms. The van der Waals surface area contributed by atoms with Crippen molar-refractivity contribution < 1.29 is 4.74 Å². The van der Waals surface area contributed by atoms with Gasteiger partial charge in [0.05, 0.1) is 6.61 Å². The summed E-state index contributed by atoms with van der Waals surface area (Å²) >= 11 is 0. The molecule has 0 atom stereocenters. The van der Waals surface area contributed by atoms with E-state index >= 15 is 0 Å². The lowest BCUT2D eigenvalue weighted by Crippen LogP contribution is -2.08. The predicted molar refractivity (Wildman–Crippen MR) is 75.2 cm³/mol. The SMILES string of the molecule is C=CCNc1cc(OCCCC)nc(C(C)C)n1. The molecule has 0 fully saturated rings. The van der Waals surface area contributed by atoms with E-state index in [9.17, 15) is 0 Å². The zero-order valence-electron chi connectivity index (χ0n) is 11.6. The highest BCUT2D eigenvalue weighted by Crippen LogP contribution is 2.18. The van der Waals surface area contributed by atoms with Crippen molar-refractivity contribution in [1.82, 2.24) is 9.97 Å². The van der Waals surface area contributed by atoms with Crippen LogP contribution >= 0.6 is 0 Å². The first kappa shape index (κ1) is 14.5. The average molecular weight is 249 g/mol. The molecule has 1 aromatic heterocycles. The summed E-state index contributed by atoms with van der Waals surface area (Å²) in [6.07, 6.45) is 3.95. The first-order valence-electron chi connectivity index (χ1n) is 6.54. The quantitative estimate of drug-likeness (QED) is 0.567. The van der Waals surface area contributed by atoms with Gasteiger partial charge in [-0.25, -0.2) is 4.98 Å². The third-order valence-corrected chi connectivity index (χ3v) is 2.41. The summed E-state index contributed by atoms with van der Waals surface area (Å²) in [5.41, 5.74) is 0. The first-order chi connectivity index (χ1) is 8.67. The van der Waals surface area contributed by atoms with Crippen molar-refractivity contribution in [3.8, 4) is 5.88 Å². The normalized spacial score (nSPS) is 10.4. The summed E-state index contributed by atoms with van der Waals surface area (Å²) < 4.78 is 5.64. The van der Waals surface area contributed by atoms with Crippen molar-refractivity contribution in [2.75, 3.05) is 18.5 Å². The van der Waals surface area contributed by atoms with E-state index in [-0.39, 0.29) is 5.92 Å². The molecule has 1 N–H and O–H groups in total. The van der Waals surface area contributed by atoms with Crippen molar-refractivity contribution >= 4 is 5.82 Å². The minimum Gasteiger partial charge on any atom is -0.478 e. The topological polar surface area (TPSA) is 47.0 Å². The number of ether oxygens (including phenoxy) is 1. The molecule has 4 nitrogen and oxygen atoms in total. The van der Waals surface area contributed by atoms with Gasteiger partial charge < -0.3 is 10.1 Å². The summed E-state index contributed by atoms with van der Waals surface area (Å²) in [7, 11) is 0. The van der Waals surface area contributed by atoms with Gasteiger partial charge in [0, 0.05) is 18.5 Å². The fraction of sp³-hybridized carbons (Fsp3) is 0.571. The molecule has 0 aliphatic rings. The molecule has 0 amide bonds. The molecule has 0 radical (unpaired) electrons. The number of unbranched alkanes of at least 4 members (excludes halogenated alkanes) is 1. The highest BCUT2D eigenvalue weighted by molar-refractivity contribution is 5.39. The van der Waals surface area contributed by atoms with Crippen LogP contribution in [0.2, 0.25) is 0 Å². The minimum absolute atomic E-state index is 0.281. The van der Waals surface area contributed by atoms with Crippen LogP contribution in [0.25, 0.3) is 0 Å². The minimum atomic E-state index is 0.281. The molecule has 100 valence electrons. The van der Waals surface area contributed by atoms with Gasteiger partial charge in [-0.15, -0.1) is 6.58 Å². The van der Waals surface area contributed by atoms with Crippen molar-refractivity contribution in [2.24, 2.45) is 0 Å². The van der Waals surface area contributed by atoms with E-state index in [1.54, 1.807) is 6.08 Å². The Labute approximate surface area is 109 Å². The second-order valence-corrected chi connectivity index (χ2v) is 4.48. The van der Waals surface area contributed by atoms with Crippen LogP contribution in [-0.2, 0) is 0 Å². The zero-order valence-corrected chi connectivity index (χ0v) is 11.6. The van der Waals surface area contributed by atoms with Gasteiger partial charge in [0.15, 0.2) is 0 Å². The fourth-order valence-corrected chi connectivity index (χ4v) is 1.36. The Morgan fingerprint density at radius 3 is 2.83 bits per heavy atom. The Kier molecular flexibility index (Phi) is 6.19. The van der Waals surface area contributed by atoms with E-state index in [4.69, 9.17) is 4.74 Å². The van der Waals surface area contributed by atoms with Crippen LogP contribution < -0.4 is 10.1 Å². The molecule has 1 aromatic rings. The van der Waals surface area contributed by atoms with E-state index in [1.165, 1.54) is 0 Å². The number of hydrogen-bond acceptors (Lipinski definition) is 4. The van der Waals surface area contributed by atoms with Crippen molar-refractivity contribution in [3.63, 3.8) is 0 Å². The van der Waals surface area contributed by atoms with Gasteiger partial charge >= 0.3 is 0 Å². The van der Waals surface area contributed by atoms with Crippen LogP contribution in [0, 0.1) is 0 Å². The largest absolute Gasteiger partial charge is 0.478 e. The first-order valence-corrected chi connectivity index (χ1v) is 6.54. The number of nitrogens with zero attached hydrogens (tertiary/aromatic N) is 2. The van der Waals surface area contributed by atoms with Gasteiger partial charge in [0.1, 0.15) is 11.6 Å². The van der Waals surface area contributed by atoms with Gasteiger partial charge in [-0.1, -0.05) is 33.3 Å². The molecular weight excluding hydrogens is 226 g/mol. The molecule has 0 aromatic carbocycles. The second kappa shape index (κ2) is 7.69. The monoisotopic (exact) mass is 249 g/mol. The maximum absolute atomic E-state index is 5.64. The Hall–Kier alpha value is -1.58. The number of nitrogens with one attached hydrogen (secondary N) is 1. The van der Waals surface area contributed by atoms with Gasteiger partial charge in [-0.2, -0.15) is 4.98 Å². The lowest BCUT2D eigenvalue weighted by Gasteiger charge is -2.11. The van der Waals surface area contributed by atoms with E-state index in [0.717, 1.165) is 24.5 Å². The summed E-state index contributed by atoms with van der Waals surface area (Å²) in [4.78, 5) is 8.86. The molecule has 0 spiro atoms. The smallest absolute Gasteiger partial charge is 0.218 e. The standard InChI is InChI=1S/C14H23N3O/c1-5-7-9-18-13-10-12(15-8-6-2)16-14(17-13)11(3)4/h6,10-11H,2,5,7-9H2,1,3-4H3,(H,15,16,17). The molecule has 1 rings (SSSR count). The van der Waals surface area contributed by atoms with E-state index in [0.29, 0.717) is 19.0 Å². The summed E-state index contributed by atoms with van der Waals surface area (Å²) in [5, 5.41) is 3.17. The lowest BCUT2D eigenvalue weighted by atomic mass is 10.2. The van der Waals surface area contributed by atoms with Crippen LogP contribution in [0.4, 0.5) is 5.82 Å². The van der Waals surface area contributed by atoms with Gasteiger partial charge in [-0.3, -0.25) is 0 Å². The number of rotatable bonds is 8. The zero-order chi connectivity index (χ0) is 13.4. The number of aromatic nitrogens is 2. The van der Waals surface area contributed by atoms with Crippen LogP contribution in [0.3, 0.4) is 0 Å². The van der Waals surface area contributed by atoms with E-state index in [2.05, 4.69) is 42.6 Å². The maximum atomic E-state index is 5.64. The molecule has 0 aliphatic carbocycles. The van der Waals surface area contributed by atoms with Gasteiger partial charge in [0.2, 0.25) is 5.88 Å². The Morgan fingerprint density at radius 1 is 1.44 bits per heavy atom. The number of anilines is 1. The molecule has 0 saturated heterocycles. The van der Waals surface area contributed by atoms with Crippen molar-refractivity contribution in [2.45, 2.75) is 39.5 Å². The highest BCUT2D eigenvalue weighted by atomic mass is 16.5. The Morgan fingerprint density at radius 2 is 2.22 bits per heavy atom. The average Bonchev–Trinajstić information content (AvgIpc) is 2.36. The van der Waals surface area contributed by atoms with Crippen LogP contribution in [0.1, 0.15) is 45.4 Å². The van der Waals surface area contributed by atoms with Crippen LogP contribution in [-0.4, -0.2) is 23.1 Å². The third kappa shape index (κ3) is 4.73. The van der Waals surface area contributed by atoms with Crippen molar-refractivity contribution in [3.05, 3.63) is 24.5 Å². The van der Waals surface area contributed by atoms with Gasteiger partial charge in [0.25, 0.3) is 0 Å². The number of hydrogen-bond donors (Lipinski definition) is 1. The molecule has 0 aliphatic heterocycles. The fourth-order valence-electron chi connectivity index (χ4n) is 1.36. The summed E-state index contributed by atoms with van der Waals surface area (Å²) in [5.74, 6) is 2.52. The van der Waals surface area contributed by atoms with Crippen LogP contribution in [0.5, 0.6) is 5.88 Å². The molecular formula is C14H23N3O. The van der Waals surface area contributed by atoms with E-state index in [1.807, 2.05) is 6.07 Å². The predicted octanol–water partition coefficient (Wildman–Crippen LogP) is 3.38. The maximum Gasteiger partial charge on any atom is 0.218 e. The summed E-state index contributed by atoms with van der Waals surface area (Å²) in [6.45, 7) is 11.3. The second-order valence-electron chi connectivity index (χ2n) is 4.48. The van der Waals surface area contributed by atoms with Crippen LogP contribution in [0.15, 0.2) is 18.7 Å². The summed E-state index contributed by atoms with van der Waals surface area (Å²) in [6, 6.07) is 1.84. The molecule has 0 bridgehead atoms. The van der Waals surface area contributed by atoms with Crippen molar-refractivity contribution in [1.29, 1.82) is 0 Å². The Bertz CT molecular complexity index is 377. The highest BCUT2D eigenvalue weighted by Gasteiger charge is 2.08. The molecule has 0 unspecified atom stereocenters. The van der Waals surface area contributed by atoms with E-state index < -0.39 is 0 Å².